The van der Waals surface area contributed by atoms with E-state index in [4.69, 9.17) is 27.9 Å². The Bertz CT molecular complexity index is 1540. The minimum Gasteiger partial charge on any atom is -0.497 e. The summed E-state index contributed by atoms with van der Waals surface area (Å²) in [5.41, 5.74) is 1.85. The summed E-state index contributed by atoms with van der Waals surface area (Å²) in [6.45, 7) is 3.21. The van der Waals surface area contributed by atoms with E-state index >= 15 is 0 Å². The molecule has 1 N–H and O–H groups in total. The summed E-state index contributed by atoms with van der Waals surface area (Å²) in [7, 11) is -2.66. The molecule has 0 heterocycles. The van der Waals surface area contributed by atoms with Gasteiger partial charge in [-0.25, -0.2) is 8.42 Å². The lowest BCUT2D eigenvalue weighted by Gasteiger charge is -2.34. The number of hydrogen-bond acceptors (Lipinski definition) is 5. The van der Waals surface area contributed by atoms with Crippen molar-refractivity contribution in [2.45, 2.75) is 75.9 Å². The van der Waals surface area contributed by atoms with Gasteiger partial charge in [-0.2, -0.15) is 0 Å². The number of ether oxygens (including phenoxy) is 1. The number of nitrogens with one attached hydrogen (secondary N) is 1. The van der Waals surface area contributed by atoms with Gasteiger partial charge >= 0.3 is 0 Å². The Morgan fingerprint density at radius 1 is 0.955 bits per heavy atom. The number of rotatable bonds is 12. The van der Waals surface area contributed by atoms with Crippen LogP contribution >= 0.6 is 23.2 Å². The predicted octanol–water partition coefficient (Wildman–Crippen LogP) is 6.76. The average molecular weight is 661 g/mol. The van der Waals surface area contributed by atoms with Gasteiger partial charge in [0.1, 0.15) is 18.3 Å². The zero-order valence-corrected chi connectivity index (χ0v) is 27.6. The van der Waals surface area contributed by atoms with E-state index in [0.717, 1.165) is 42.0 Å². The van der Waals surface area contributed by atoms with Crippen molar-refractivity contribution in [1.82, 2.24) is 10.2 Å². The number of nitrogens with zero attached hydrogens (tertiary/aromatic N) is 2. The minimum atomic E-state index is -4.17. The van der Waals surface area contributed by atoms with E-state index in [9.17, 15) is 18.0 Å². The molecular formula is C33H39Cl2N3O5S. The summed E-state index contributed by atoms with van der Waals surface area (Å²) < 4.78 is 34.4. The Morgan fingerprint density at radius 3 is 2.20 bits per heavy atom. The maximum atomic E-state index is 14.3. The molecule has 1 saturated carbocycles. The third-order valence-corrected chi connectivity index (χ3v) is 10.4. The van der Waals surface area contributed by atoms with Gasteiger partial charge in [0, 0.05) is 12.6 Å². The number of carbonyl (C=O) groups is 2. The van der Waals surface area contributed by atoms with E-state index in [-0.39, 0.29) is 29.1 Å². The maximum Gasteiger partial charge on any atom is 0.264 e. The van der Waals surface area contributed by atoms with Crippen LogP contribution in [-0.2, 0) is 26.2 Å². The van der Waals surface area contributed by atoms with Crippen molar-refractivity contribution in [3.63, 3.8) is 0 Å². The molecule has 1 aliphatic rings. The van der Waals surface area contributed by atoms with Crippen LogP contribution in [0.5, 0.6) is 5.75 Å². The fourth-order valence-corrected chi connectivity index (χ4v) is 7.15. The number of hydrogen-bond donors (Lipinski definition) is 1. The van der Waals surface area contributed by atoms with Crippen LogP contribution in [0.25, 0.3) is 0 Å². The van der Waals surface area contributed by atoms with Crippen molar-refractivity contribution in [3.05, 3.63) is 87.9 Å². The number of amides is 2. The molecular weight excluding hydrogens is 621 g/mol. The van der Waals surface area contributed by atoms with Crippen molar-refractivity contribution in [2.75, 3.05) is 18.0 Å². The Hall–Kier alpha value is -3.27. The standard InChI is InChI=1S/C33H39Cl2N3O5S/c1-4-31(33(40)36-25-8-6-5-7-9-25)37(21-24-12-19-29(34)30(35)20-24)32(39)22-38(26-13-15-27(43-3)16-14-26)44(41,42)28-17-10-23(2)11-18-28/h10-20,25,31H,4-9,21-22H2,1-3H3,(H,36,40). The molecule has 236 valence electrons. The van der Waals surface area contributed by atoms with Crippen LogP contribution < -0.4 is 14.4 Å². The first-order chi connectivity index (χ1) is 21.0. The van der Waals surface area contributed by atoms with Crippen LogP contribution in [0.4, 0.5) is 5.69 Å². The van der Waals surface area contributed by atoms with Gasteiger partial charge in [-0.05, 0) is 80.3 Å². The lowest BCUT2D eigenvalue weighted by molar-refractivity contribution is -0.140. The highest BCUT2D eigenvalue weighted by Crippen LogP contribution is 2.28. The summed E-state index contributed by atoms with van der Waals surface area (Å²) in [6.07, 6.45) is 5.34. The SMILES string of the molecule is CCC(C(=O)NC1CCCCC1)N(Cc1ccc(Cl)c(Cl)c1)C(=O)CN(c1ccc(OC)cc1)S(=O)(=O)c1ccc(C)cc1. The van der Waals surface area contributed by atoms with E-state index in [0.29, 0.717) is 27.8 Å². The van der Waals surface area contributed by atoms with E-state index in [1.54, 1.807) is 54.6 Å². The molecule has 44 heavy (non-hydrogen) atoms. The zero-order valence-electron chi connectivity index (χ0n) is 25.3. The van der Waals surface area contributed by atoms with Gasteiger partial charge in [0.25, 0.3) is 10.0 Å². The smallest absolute Gasteiger partial charge is 0.264 e. The summed E-state index contributed by atoms with van der Waals surface area (Å²) in [5.74, 6) is -0.252. The number of sulfonamides is 1. The van der Waals surface area contributed by atoms with Crippen LogP contribution in [0, 0.1) is 6.92 Å². The Balaban J connectivity index is 1.72. The molecule has 0 radical (unpaired) electrons. The lowest BCUT2D eigenvalue weighted by atomic mass is 9.95. The molecule has 0 saturated heterocycles. The monoisotopic (exact) mass is 659 g/mol. The van der Waals surface area contributed by atoms with Crippen LogP contribution in [0.1, 0.15) is 56.6 Å². The molecule has 1 fully saturated rings. The largest absolute Gasteiger partial charge is 0.497 e. The number of benzene rings is 3. The highest BCUT2D eigenvalue weighted by Gasteiger charge is 2.34. The highest BCUT2D eigenvalue weighted by atomic mass is 35.5. The molecule has 0 aromatic heterocycles. The first-order valence-corrected chi connectivity index (χ1v) is 17.0. The predicted molar refractivity (Wildman–Crippen MR) is 175 cm³/mol. The normalized spacial score (nSPS) is 14.5. The van der Waals surface area contributed by atoms with Crippen LogP contribution in [0.2, 0.25) is 10.0 Å². The molecule has 2 amide bonds. The third kappa shape index (κ3) is 8.25. The summed E-state index contributed by atoms with van der Waals surface area (Å²) in [6, 6.07) is 17.2. The summed E-state index contributed by atoms with van der Waals surface area (Å²) >= 11 is 12.4. The second-order valence-corrected chi connectivity index (χ2v) is 13.7. The van der Waals surface area contributed by atoms with Crippen LogP contribution in [-0.4, -0.2) is 50.9 Å². The molecule has 0 bridgehead atoms. The van der Waals surface area contributed by atoms with Gasteiger partial charge in [0.15, 0.2) is 0 Å². The number of methoxy groups -OCH3 is 1. The molecule has 3 aromatic carbocycles. The fourth-order valence-electron chi connectivity index (χ4n) is 5.41. The first kappa shape index (κ1) is 33.6. The Morgan fingerprint density at radius 2 is 1.61 bits per heavy atom. The van der Waals surface area contributed by atoms with Crippen LogP contribution in [0.3, 0.4) is 0 Å². The Labute approximate surface area is 270 Å². The molecule has 3 aromatic rings. The van der Waals surface area contributed by atoms with Crippen LogP contribution in [0.15, 0.2) is 71.6 Å². The molecule has 11 heteroatoms. The van der Waals surface area contributed by atoms with E-state index in [1.807, 2.05) is 13.8 Å². The van der Waals surface area contributed by atoms with Gasteiger partial charge in [0.05, 0.1) is 27.7 Å². The molecule has 1 unspecified atom stereocenters. The zero-order chi connectivity index (χ0) is 31.9. The fraction of sp³-hybridized carbons (Fsp3) is 0.394. The Kier molecular flexibility index (Phi) is 11.6. The van der Waals surface area contributed by atoms with Crippen molar-refractivity contribution in [1.29, 1.82) is 0 Å². The second kappa shape index (κ2) is 15.1. The molecule has 4 rings (SSSR count). The lowest BCUT2D eigenvalue weighted by Crippen LogP contribution is -2.54. The number of carbonyl (C=O) groups excluding carboxylic acids is 2. The van der Waals surface area contributed by atoms with E-state index in [2.05, 4.69) is 5.32 Å². The van der Waals surface area contributed by atoms with E-state index in [1.165, 1.54) is 24.1 Å². The van der Waals surface area contributed by atoms with Crippen molar-refractivity contribution in [2.24, 2.45) is 0 Å². The minimum absolute atomic E-state index is 0.0351. The van der Waals surface area contributed by atoms with Gasteiger partial charge in [-0.1, -0.05) is 73.2 Å². The second-order valence-electron chi connectivity index (χ2n) is 11.1. The molecule has 8 nitrogen and oxygen atoms in total. The van der Waals surface area contributed by atoms with Crippen molar-refractivity contribution >= 4 is 50.7 Å². The molecule has 0 aliphatic heterocycles. The average Bonchev–Trinajstić information content (AvgIpc) is 3.02. The topological polar surface area (TPSA) is 96.0 Å². The van der Waals surface area contributed by atoms with Gasteiger partial charge < -0.3 is 15.0 Å². The van der Waals surface area contributed by atoms with Crippen molar-refractivity contribution in [3.8, 4) is 5.75 Å². The molecule has 1 aliphatic carbocycles. The quantitative estimate of drug-likeness (QED) is 0.232. The highest BCUT2D eigenvalue weighted by molar-refractivity contribution is 7.92. The van der Waals surface area contributed by atoms with Gasteiger partial charge in [0.2, 0.25) is 11.8 Å². The van der Waals surface area contributed by atoms with E-state index < -0.39 is 28.5 Å². The third-order valence-electron chi connectivity index (χ3n) is 7.92. The number of halogens is 2. The summed E-state index contributed by atoms with van der Waals surface area (Å²) in [4.78, 5) is 29.5. The van der Waals surface area contributed by atoms with Gasteiger partial charge in [-0.3, -0.25) is 13.9 Å². The first-order valence-electron chi connectivity index (χ1n) is 14.8. The maximum absolute atomic E-state index is 14.3. The summed E-state index contributed by atoms with van der Waals surface area (Å²) in [5, 5.41) is 3.83. The number of anilines is 1. The van der Waals surface area contributed by atoms with Crippen molar-refractivity contribution < 1.29 is 22.7 Å². The molecule has 0 spiro atoms. The number of aryl methyl sites for hydroxylation is 1. The molecule has 1 atom stereocenters. The van der Waals surface area contributed by atoms with Gasteiger partial charge in [-0.15, -0.1) is 0 Å².